The molecule has 2 N–H and O–H groups in total. The molecule has 0 bridgehead atoms. The molecule has 140 valence electrons. The lowest BCUT2D eigenvalue weighted by Crippen LogP contribution is -2.25. The van der Waals surface area contributed by atoms with Crippen LogP contribution < -0.4 is 10.6 Å². The van der Waals surface area contributed by atoms with E-state index >= 15 is 0 Å². The summed E-state index contributed by atoms with van der Waals surface area (Å²) in [6.07, 6.45) is 9.75. The van der Waals surface area contributed by atoms with Gasteiger partial charge >= 0.3 is 0 Å². The lowest BCUT2D eigenvalue weighted by atomic mass is 9.97. The van der Waals surface area contributed by atoms with Gasteiger partial charge in [0.25, 0.3) is 11.8 Å². The van der Waals surface area contributed by atoms with Crippen molar-refractivity contribution in [3.63, 3.8) is 0 Å². The average Bonchev–Trinajstić information content (AvgIpc) is 2.73. The Morgan fingerprint density at radius 1 is 0.926 bits per heavy atom. The Hall–Kier alpha value is -2.95. The van der Waals surface area contributed by atoms with Crippen molar-refractivity contribution in [2.75, 3.05) is 6.54 Å². The molecule has 2 aromatic rings. The van der Waals surface area contributed by atoms with Gasteiger partial charge in [-0.25, -0.2) is 0 Å². The predicted molar refractivity (Wildman–Crippen MR) is 105 cm³/mol. The molecule has 1 heterocycles. The molecule has 5 heteroatoms. The molecule has 0 saturated carbocycles. The third-order valence-corrected chi connectivity index (χ3v) is 4.68. The highest BCUT2D eigenvalue weighted by atomic mass is 16.2. The van der Waals surface area contributed by atoms with E-state index in [0.29, 0.717) is 24.2 Å². The average molecular weight is 363 g/mol. The summed E-state index contributed by atoms with van der Waals surface area (Å²) >= 11 is 0. The molecule has 0 saturated heterocycles. The van der Waals surface area contributed by atoms with Gasteiger partial charge in [0.1, 0.15) is 0 Å². The van der Waals surface area contributed by atoms with E-state index in [0.717, 1.165) is 25.0 Å². The first-order valence-corrected chi connectivity index (χ1v) is 9.46. The zero-order valence-electron chi connectivity index (χ0n) is 15.4. The zero-order valence-corrected chi connectivity index (χ0v) is 15.4. The van der Waals surface area contributed by atoms with Crippen molar-refractivity contribution in [1.29, 1.82) is 0 Å². The second-order valence-electron chi connectivity index (χ2n) is 6.70. The summed E-state index contributed by atoms with van der Waals surface area (Å²) in [7, 11) is 0. The van der Waals surface area contributed by atoms with Gasteiger partial charge in [0.2, 0.25) is 0 Å². The van der Waals surface area contributed by atoms with Crippen molar-refractivity contribution >= 4 is 11.8 Å². The van der Waals surface area contributed by atoms with Crippen molar-refractivity contribution in [1.82, 2.24) is 15.6 Å². The summed E-state index contributed by atoms with van der Waals surface area (Å²) in [5, 5.41) is 5.78. The first-order valence-electron chi connectivity index (χ1n) is 9.46. The van der Waals surface area contributed by atoms with Crippen LogP contribution in [0.4, 0.5) is 0 Å². The van der Waals surface area contributed by atoms with E-state index < -0.39 is 0 Å². The van der Waals surface area contributed by atoms with Crippen LogP contribution in [-0.4, -0.2) is 23.3 Å². The van der Waals surface area contributed by atoms with Gasteiger partial charge in [0, 0.05) is 23.9 Å². The third-order valence-electron chi connectivity index (χ3n) is 4.68. The van der Waals surface area contributed by atoms with Gasteiger partial charge in [-0.05, 0) is 68.5 Å². The summed E-state index contributed by atoms with van der Waals surface area (Å²) in [5.74, 6) is -0.288. The van der Waals surface area contributed by atoms with Gasteiger partial charge in [-0.3, -0.25) is 14.6 Å². The fraction of sp³-hybridized carbons (Fsp3) is 0.318. The largest absolute Gasteiger partial charge is 0.352 e. The molecule has 2 amide bonds. The summed E-state index contributed by atoms with van der Waals surface area (Å²) in [5.41, 5.74) is 3.33. The number of aromatic nitrogens is 1. The summed E-state index contributed by atoms with van der Waals surface area (Å²) in [4.78, 5) is 28.6. The first kappa shape index (κ1) is 18.8. The minimum absolute atomic E-state index is 0.105. The quantitative estimate of drug-likeness (QED) is 0.738. The Balaban J connectivity index is 1.46. The van der Waals surface area contributed by atoms with Gasteiger partial charge in [-0.1, -0.05) is 17.7 Å². The fourth-order valence-electron chi connectivity index (χ4n) is 3.12. The molecule has 1 aromatic carbocycles. The maximum atomic E-state index is 12.2. The SMILES string of the molecule is O=C(NCCC1=CCCCC1)c1ccc(C(=O)NCc2ccccn2)cc1. The summed E-state index contributed by atoms with van der Waals surface area (Å²) in [6.45, 7) is 1.02. The van der Waals surface area contributed by atoms with Crippen LogP contribution in [0, 0.1) is 0 Å². The first-order chi connectivity index (χ1) is 13.2. The van der Waals surface area contributed by atoms with Crippen LogP contribution in [0.3, 0.4) is 0 Å². The number of carbonyl (C=O) groups is 2. The molecule has 1 aliphatic rings. The zero-order chi connectivity index (χ0) is 18.9. The van der Waals surface area contributed by atoms with Crippen molar-refractivity contribution < 1.29 is 9.59 Å². The molecule has 0 radical (unpaired) electrons. The number of nitrogens with zero attached hydrogens (tertiary/aromatic N) is 1. The lowest BCUT2D eigenvalue weighted by molar-refractivity contribution is 0.0940. The number of rotatable bonds is 7. The fourth-order valence-corrected chi connectivity index (χ4v) is 3.12. The predicted octanol–water partition coefficient (Wildman–Crippen LogP) is 3.63. The highest BCUT2D eigenvalue weighted by molar-refractivity contribution is 5.97. The van der Waals surface area contributed by atoms with E-state index in [2.05, 4.69) is 21.7 Å². The third kappa shape index (κ3) is 5.78. The highest BCUT2D eigenvalue weighted by Crippen LogP contribution is 2.19. The molecule has 0 atom stereocenters. The Labute approximate surface area is 159 Å². The van der Waals surface area contributed by atoms with E-state index in [9.17, 15) is 9.59 Å². The normalized spacial score (nSPS) is 13.6. The lowest BCUT2D eigenvalue weighted by Gasteiger charge is -2.13. The van der Waals surface area contributed by atoms with Gasteiger partial charge in [-0.2, -0.15) is 0 Å². The molecule has 3 rings (SSSR count). The van der Waals surface area contributed by atoms with Crippen LogP contribution >= 0.6 is 0 Å². The van der Waals surface area contributed by atoms with E-state index in [1.165, 1.54) is 18.4 Å². The van der Waals surface area contributed by atoms with Crippen molar-refractivity contribution in [2.45, 2.75) is 38.6 Å². The second kappa shape index (κ2) is 9.67. The molecule has 0 unspecified atom stereocenters. The van der Waals surface area contributed by atoms with Gasteiger partial charge in [0.15, 0.2) is 0 Å². The minimum Gasteiger partial charge on any atom is -0.352 e. The molecule has 27 heavy (non-hydrogen) atoms. The van der Waals surface area contributed by atoms with Crippen LogP contribution in [0.2, 0.25) is 0 Å². The molecular formula is C22H25N3O2. The van der Waals surface area contributed by atoms with Crippen LogP contribution in [0.5, 0.6) is 0 Å². The Morgan fingerprint density at radius 2 is 1.67 bits per heavy atom. The number of hydrogen-bond donors (Lipinski definition) is 2. The molecular weight excluding hydrogens is 338 g/mol. The van der Waals surface area contributed by atoms with E-state index in [-0.39, 0.29) is 11.8 Å². The molecule has 1 aliphatic carbocycles. The number of amides is 2. The van der Waals surface area contributed by atoms with Crippen molar-refractivity contribution in [2.24, 2.45) is 0 Å². The molecule has 5 nitrogen and oxygen atoms in total. The smallest absolute Gasteiger partial charge is 0.251 e. The molecule has 0 fully saturated rings. The van der Waals surface area contributed by atoms with Gasteiger partial charge in [-0.15, -0.1) is 0 Å². The summed E-state index contributed by atoms with van der Waals surface area (Å²) < 4.78 is 0. The number of hydrogen-bond acceptors (Lipinski definition) is 3. The molecule has 0 spiro atoms. The van der Waals surface area contributed by atoms with E-state index in [1.807, 2.05) is 18.2 Å². The Bertz CT molecular complexity index is 798. The number of nitrogens with one attached hydrogen (secondary N) is 2. The van der Waals surface area contributed by atoms with Crippen LogP contribution in [0.1, 0.15) is 58.5 Å². The number of benzene rings is 1. The van der Waals surface area contributed by atoms with Crippen molar-refractivity contribution in [3.05, 3.63) is 77.1 Å². The monoisotopic (exact) mass is 363 g/mol. The number of carbonyl (C=O) groups excluding carboxylic acids is 2. The topological polar surface area (TPSA) is 71.1 Å². The summed E-state index contributed by atoms with van der Waals surface area (Å²) in [6, 6.07) is 12.3. The highest BCUT2D eigenvalue weighted by Gasteiger charge is 2.10. The van der Waals surface area contributed by atoms with Crippen LogP contribution in [0.15, 0.2) is 60.3 Å². The van der Waals surface area contributed by atoms with E-state index in [1.54, 1.807) is 30.5 Å². The number of pyridine rings is 1. The molecule has 1 aromatic heterocycles. The van der Waals surface area contributed by atoms with Crippen LogP contribution in [0.25, 0.3) is 0 Å². The Morgan fingerprint density at radius 3 is 2.30 bits per heavy atom. The minimum atomic E-state index is -0.183. The van der Waals surface area contributed by atoms with Crippen LogP contribution in [-0.2, 0) is 6.54 Å². The second-order valence-corrected chi connectivity index (χ2v) is 6.70. The molecule has 0 aliphatic heterocycles. The van der Waals surface area contributed by atoms with Gasteiger partial charge < -0.3 is 10.6 Å². The standard InChI is InChI=1S/C22H25N3O2/c26-21(24-15-13-17-6-2-1-3-7-17)18-9-11-19(12-10-18)22(27)25-16-20-8-4-5-14-23-20/h4-6,8-12,14H,1-3,7,13,15-16H2,(H,24,26)(H,25,27). The van der Waals surface area contributed by atoms with Gasteiger partial charge in [0.05, 0.1) is 12.2 Å². The maximum Gasteiger partial charge on any atom is 0.251 e. The Kier molecular flexibility index (Phi) is 6.74. The van der Waals surface area contributed by atoms with Crippen molar-refractivity contribution in [3.8, 4) is 0 Å². The number of allylic oxidation sites excluding steroid dienone is 1. The maximum absolute atomic E-state index is 12.2. The van der Waals surface area contributed by atoms with E-state index in [4.69, 9.17) is 0 Å².